The van der Waals surface area contributed by atoms with Crippen molar-refractivity contribution in [2.24, 2.45) is 11.8 Å². The van der Waals surface area contributed by atoms with Gasteiger partial charge in [0.25, 0.3) is 0 Å². The lowest BCUT2D eigenvalue weighted by Crippen LogP contribution is -2.59. The number of hydrogen-bond acceptors (Lipinski definition) is 3. The van der Waals surface area contributed by atoms with Gasteiger partial charge in [-0.1, -0.05) is 44.2 Å². The van der Waals surface area contributed by atoms with E-state index in [0.29, 0.717) is 18.4 Å². The molecule has 1 N–H and O–H groups in total. The summed E-state index contributed by atoms with van der Waals surface area (Å²) in [5, 5.41) is 3.50. The van der Waals surface area contributed by atoms with Gasteiger partial charge in [0, 0.05) is 6.54 Å². The number of carbonyl (C=O) groups is 1. The Labute approximate surface area is 121 Å². The van der Waals surface area contributed by atoms with Gasteiger partial charge in [0.2, 0.25) is 0 Å². The Kier molecular flexibility index (Phi) is 4.81. The first kappa shape index (κ1) is 15.0. The van der Waals surface area contributed by atoms with E-state index in [1.54, 1.807) is 0 Å². The van der Waals surface area contributed by atoms with Crippen LogP contribution in [0.3, 0.4) is 0 Å². The molecule has 0 bridgehead atoms. The van der Waals surface area contributed by atoms with E-state index >= 15 is 0 Å². The predicted molar refractivity (Wildman–Crippen MR) is 80.2 cm³/mol. The molecule has 1 aromatic carbocycles. The second kappa shape index (κ2) is 6.40. The SMILES string of the molecule is COC(=O)C1(NCc2ccccc2)CCC(C)CC1C. The maximum Gasteiger partial charge on any atom is 0.326 e. The van der Waals surface area contributed by atoms with Crippen molar-refractivity contribution in [1.82, 2.24) is 5.32 Å². The molecule has 1 aliphatic rings. The number of nitrogens with one attached hydrogen (secondary N) is 1. The highest BCUT2D eigenvalue weighted by molar-refractivity contribution is 5.81. The van der Waals surface area contributed by atoms with Gasteiger partial charge in [-0.2, -0.15) is 0 Å². The molecule has 3 heteroatoms. The minimum Gasteiger partial charge on any atom is -0.468 e. The van der Waals surface area contributed by atoms with Gasteiger partial charge in [0.15, 0.2) is 0 Å². The van der Waals surface area contributed by atoms with E-state index < -0.39 is 5.54 Å². The molecule has 0 spiro atoms. The van der Waals surface area contributed by atoms with Gasteiger partial charge in [0.1, 0.15) is 5.54 Å². The lowest BCUT2D eigenvalue weighted by molar-refractivity contribution is -0.153. The highest BCUT2D eigenvalue weighted by Crippen LogP contribution is 2.37. The number of rotatable bonds is 4. The summed E-state index contributed by atoms with van der Waals surface area (Å²) in [4.78, 5) is 12.3. The van der Waals surface area contributed by atoms with Crippen molar-refractivity contribution in [2.75, 3.05) is 7.11 Å². The van der Waals surface area contributed by atoms with Gasteiger partial charge in [-0.15, -0.1) is 0 Å². The monoisotopic (exact) mass is 275 g/mol. The van der Waals surface area contributed by atoms with Crippen molar-refractivity contribution >= 4 is 5.97 Å². The Hall–Kier alpha value is -1.35. The van der Waals surface area contributed by atoms with E-state index in [1.165, 1.54) is 12.7 Å². The third kappa shape index (κ3) is 3.04. The molecule has 0 amide bonds. The van der Waals surface area contributed by atoms with Crippen LogP contribution in [0.4, 0.5) is 0 Å². The Morgan fingerprint density at radius 2 is 2.05 bits per heavy atom. The highest BCUT2D eigenvalue weighted by atomic mass is 16.5. The van der Waals surface area contributed by atoms with Gasteiger partial charge in [0.05, 0.1) is 7.11 Å². The third-order valence-corrected chi connectivity index (χ3v) is 4.63. The van der Waals surface area contributed by atoms with Gasteiger partial charge < -0.3 is 4.74 Å². The highest BCUT2D eigenvalue weighted by Gasteiger charge is 2.46. The van der Waals surface area contributed by atoms with Crippen LogP contribution < -0.4 is 5.32 Å². The summed E-state index contributed by atoms with van der Waals surface area (Å²) in [5.41, 5.74) is 0.665. The smallest absolute Gasteiger partial charge is 0.326 e. The zero-order valence-electron chi connectivity index (χ0n) is 12.7. The van der Waals surface area contributed by atoms with Crippen LogP contribution in [0.5, 0.6) is 0 Å². The molecule has 2 rings (SSSR count). The molecule has 1 aromatic rings. The van der Waals surface area contributed by atoms with Crippen molar-refractivity contribution in [1.29, 1.82) is 0 Å². The van der Waals surface area contributed by atoms with Crippen LogP contribution in [0.2, 0.25) is 0 Å². The van der Waals surface area contributed by atoms with Crippen LogP contribution in [-0.4, -0.2) is 18.6 Å². The fourth-order valence-corrected chi connectivity index (χ4v) is 3.32. The average Bonchev–Trinajstić information content (AvgIpc) is 2.47. The molecule has 3 unspecified atom stereocenters. The topological polar surface area (TPSA) is 38.3 Å². The molecule has 20 heavy (non-hydrogen) atoms. The fraction of sp³-hybridized carbons (Fsp3) is 0.588. The maximum atomic E-state index is 12.3. The molecular formula is C17H25NO2. The number of methoxy groups -OCH3 is 1. The van der Waals surface area contributed by atoms with E-state index in [4.69, 9.17) is 4.74 Å². The molecule has 0 aromatic heterocycles. The van der Waals surface area contributed by atoms with Crippen LogP contribution in [0, 0.1) is 11.8 Å². The van der Waals surface area contributed by atoms with Gasteiger partial charge in [-0.05, 0) is 36.7 Å². The summed E-state index contributed by atoms with van der Waals surface area (Å²) in [6.45, 7) is 5.12. The van der Waals surface area contributed by atoms with Crippen molar-refractivity contribution in [2.45, 2.75) is 45.2 Å². The minimum absolute atomic E-state index is 0.118. The van der Waals surface area contributed by atoms with Crippen LogP contribution in [0.1, 0.15) is 38.7 Å². The second-order valence-corrected chi connectivity index (χ2v) is 6.08. The van der Waals surface area contributed by atoms with E-state index in [0.717, 1.165) is 19.3 Å². The molecular weight excluding hydrogens is 250 g/mol. The predicted octanol–water partition coefficient (Wildman–Crippen LogP) is 3.14. The molecule has 0 heterocycles. The summed E-state index contributed by atoms with van der Waals surface area (Å²) in [7, 11) is 1.49. The zero-order chi connectivity index (χ0) is 14.6. The number of carbonyl (C=O) groups excluding carboxylic acids is 1. The number of hydrogen-bond donors (Lipinski definition) is 1. The van der Waals surface area contributed by atoms with Crippen molar-refractivity contribution in [3.63, 3.8) is 0 Å². The van der Waals surface area contributed by atoms with Crippen LogP contribution in [0.15, 0.2) is 30.3 Å². The van der Waals surface area contributed by atoms with Crippen molar-refractivity contribution in [3.8, 4) is 0 Å². The third-order valence-electron chi connectivity index (χ3n) is 4.63. The van der Waals surface area contributed by atoms with Gasteiger partial charge in [-0.3, -0.25) is 10.1 Å². The fourth-order valence-electron chi connectivity index (χ4n) is 3.32. The average molecular weight is 275 g/mol. The number of ether oxygens (including phenoxy) is 1. The summed E-state index contributed by atoms with van der Waals surface area (Å²) in [5.74, 6) is 0.858. The maximum absolute atomic E-state index is 12.3. The number of benzene rings is 1. The molecule has 1 aliphatic carbocycles. The Balaban J connectivity index is 2.13. The van der Waals surface area contributed by atoms with Crippen molar-refractivity contribution < 1.29 is 9.53 Å². The zero-order valence-corrected chi connectivity index (χ0v) is 12.7. The normalized spacial score (nSPS) is 29.9. The minimum atomic E-state index is -0.531. The van der Waals surface area contributed by atoms with Gasteiger partial charge in [-0.25, -0.2) is 0 Å². The quantitative estimate of drug-likeness (QED) is 0.858. The van der Waals surface area contributed by atoms with Crippen LogP contribution >= 0.6 is 0 Å². The van der Waals surface area contributed by atoms with E-state index in [1.807, 2.05) is 18.2 Å². The lowest BCUT2D eigenvalue weighted by Gasteiger charge is -2.43. The first-order valence-electron chi connectivity index (χ1n) is 7.46. The van der Waals surface area contributed by atoms with E-state index in [2.05, 4.69) is 31.3 Å². The van der Waals surface area contributed by atoms with Crippen LogP contribution in [-0.2, 0) is 16.1 Å². The van der Waals surface area contributed by atoms with Crippen molar-refractivity contribution in [3.05, 3.63) is 35.9 Å². The Bertz CT molecular complexity index is 446. The van der Waals surface area contributed by atoms with Crippen LogP contribution in [0.25, 0.3) is 0 Å². The van der Waals surface area contributed by atoms with E-state index in [-0.39, 0.29) is 5.97 Å². The molecule has 3 atom stereocenters. The molecule has 110 valence electrons. The molecule has 1 saturated carbocycles. The second-order valence-electron chi connectivity index (χ2n) is 6.08. The first-order valence-corrected chi connectivity index (χ1v) is 7.46. The standard InChI is InChI=1S/C17H25NO2/c1-13-9-10-17(14(2)11-13,16(19)20-3)18-12-15-7-5-4-6-8-15/h4-8,13-14,18H,9-12H2,1-3H3. The Morgan fingerprint density at radius 3 is 2.65 bits per heavy atom. The van der Waals surface area contributed by atoms with Gasteiger partial charge >= 0.3 is 5.97 Å². The summed E-state index contributed by atoms with van der Waals surface area (Å²) < 4.78 is 5.09. The number of esters is 1. The summed E-state index contributed by atoms with van der Waals surface area (Å²) in [6, 6.07) is 10.2. The lowest BCUT2D eigenvalue weighted by atomic mass is 9.70. The van der Waals surface area contributed by atoms with E-state index in [9.17, 15) is 4.79 Å². The molecule has 0 radical (unpaired) electrons. The molecule has 3 nitrogen and oxygen atoms in total. The molecule has 0 saturated heterocycles. The first-order chi connectivity index (χ1) is 9.58. The Morgan fingerprint density at radius 1 is 1.35 bits per heavy atom. The summed E-state index contributed by atoms with van der Waals surface area (Å²) >= 11 is 0. The summed E-state index contributed by atoms with van der Waals surface area (Å²) in [6.07, 6.45) is 2.99. The molecule has 1 fully saturated rings. The largest absolute Gasteiger partial charge is 0.468 e. The molecule has 0 aliphatic heterocycles.